The number of carbonyl (C=O) groups excluding carboxylic acids is 2. The molecular weight excluding hydrogens is 453 g/mol. The van der Waals surface area contributed by atoms with Crippen LogP contribution in [0.4, 0.5) is 14.9 Å². The SMILES string of the molecule is CCCN(CC(=O)N(Cc1ccc(F)cc1)Cc1sccc1C)C(=O)Nc1cccc(OC)c1. The zero-order chi connectivity index (χ0) is 24.5. The molecule has 0 saturated heterocycles. The molecule has 0 fully saturated rings. The van der Waals surface area contributed by atoms with Crippen LogP contribution < -0.4 is 10.1 Å². The molecule has 0 saturated carbocycles. The van der Waals surface area contributed by atoms with Crippen LogP contribution in [0.3, 0.4) is 0 Å². The fraction of sp³-hybridized carbons (Fsp3) is 0.308. The first-order valence-corrected chi connectivity index (χ1v) is 12.0. The molecule has 3 rings (SSSR count). The number of nitrogens with zero attached hydrogens (tertiary/aromatic N) is 2. The molecule has 0 aliphatic carbocycles. The maximum absolute atomic E-state index is 13.4. The minimum atomic E-state index is -0.350. The van der Waals surface area contributed by atoms with Gasteiger partial charge in [-0.1, -0.05) is 25.1 Å². The highest BCUT2D eigenvalue weighted by Crippen LogP contribution is 2.21. The Hall–Kier alpha value is -3.39. The van der Waals surface area contributed by atoms with E-state index in [0.717, 1.165) is 16.0 Å². The van der Waals surface area contributed by atoms with E-state index in [9.17, 15) is 14.0 Å². The van der Waals surface area contributed by atoms with E-state index in [1.165, 1.54) is 17.0 Å². The Balaban J connectivity index is 1.75. The number of hydrogen-bond donors (Lipinski definition) is 1. The summed E-state index contributed by atoms with van der Waals surface area (Å²) < 4.78 is 18.6. The summed E-state index contributed by atoms with van der Waals surface area (Å²) >= 11 is 1.59. The molecule has 1 heterocycles. The molecule has 2 aromatic carbocycles. The molecule has 0 spiro atoms. The van der Waals surface area contributed by atoms with Gasteiger partial charge in [0.2, 0.25) is 5.91 Å². The molecule has 0 atom stereocenters. The van der Waals surface area contributed by atoms with Gasteiger partial charge < -0.3 is 19.9 Å². The maximum Gasteiger partial charge on any atom is 0.322 e. The zero-order valence-electron chi connectivity index (χ0n) is 19.7. The smallest absolute Gasteiger partial charge is 0.322 e. The molecule has 6 nitrogen and oxygen atoms in total. The van der Waals surface area contributed by atoms with Crippen molar-refractivity contribution in [3.8, 4) is 5.75 Å². The van der Waals surface area contributed by atoms with E-state index in [4.69, 9.17) is 4.74 Å². The van der Waals surface area contributed by atoms with Gasteiger partial charge in [0, 0.05) is 29.7 Å². The van der Waals surface area contributed by atoms with Crippen LogP contribution >= 0.6 is 11.3 Å². The average Bonchev–Trinajstić information content (AvgIpc) is 3.24. The van der Waals surface area contributed by atoms with Crippen LogP contribution in [0.2, 0.25) is 0 Å². The van der Waals surface area contributed by atoms with Crippen molar-refractivity contribution in [2.45, 2.75) is 33.4 Å². The molecular formula is C26H30FN3O3S. The number of ether oxygens (including phenoxy) is 1. The van der Waals surface area contributed by atoms with Crippen LogP contribution in [0.1, 0.15) is 29.3 Å². The molecule has 180 valence electrons. The second-order valence-electron chi connectivity index (χ2n) is 7.99. The number of aryl methyl sites for hydroxylation is 1. The van der Waals surface area contributed by atoms with E-state index in [1.54, 1.807) is 59.7 Å². The summed E-state index contributed by atoms with van der Waals surface area (Å²) in [5.41, 5.74) is 2.53. The Morgan fingerprint density at radius 1 is 1.06 bits per heavy atom. The Kier molecular flexibility index (Phi) is 9.04. The van der Waals surface area contributed by atoms with Crippen LogP contribution in [-0.2, 0) is 17.9 Å². The van der Waals surface area contributed by atoms with E-state index in [2.05, 4.69) is 5.32 Å². The van der Waals surface area contributed by atoms with Gasteiger partial charge in [-0.15, -0.1) is 11.3 Å². The number of halogens is 1. The van der Waals surface area contributed by atoms with Crippen molar-refractivity contribution in [1.82, 2.24) is 9.80 Å². The average molecular weight is 484 g/mol. The Labute approximate surface area is 204 Å². The topological polar surface area (TPSA) is 61.9 Å². The van der Waals surface area contributed by atoms with Crippen LogP contribution in [0.25, 0.3) is 0 Å². The fourth-order valence-electron chi connectivity index (χ4n) is 3.47. The predicted molar refractivity (Wildman–Crippen MR) is 134 cm³/mol. The summed E-state index contributed by atoms with van der Waals surface area (Å²) in [5, 5.41) is 4.85. The van der Waals surface area contributed by atoms with Crippen molar-refractivity contribution < 1.29 is 18.7 Å². The highest BCUT2D eigenvalue weighted by Gasteiger charge is 2.22. The fourth-order valence-corrected chi connectivity index (χ4v) is 4.39. The molecule has 34 heavy (non-hydrogen) atoms. The van der Waals surface area contributed by atoms with Crippen LogP contribution in [0.15, 0.2) is 60.0 Å². The number of urea groups is 1. The van der Waals surface area contributed by atoms with Crippen molar-refractivity contribution in [3.63, 3.8) is 0 Å². The lowest BCUT2D eigenvalue weighted by atomic mass is 10.2. The highest BCUT2D eigenvalue weighted by molar-refractivity contribution is 7.10. The number of amides is 3. The van der Waals surface area contributed by atoms with Gasteiger partial charge in [-0.2, -0.15) is 0 Å². The molecule has 0 aliphatic heterocycles. The maximum atomic E-state index is 13.4. The minimum Gasteiger partial charge on any atom is -0.497 e. The number of benzene rings is 2. The summed E-state index contributed by atoms with van der Waals surface area (Å²) in [6.45, 7) is 5.10. The van der Waals surface area contributed by atoms with Gasteiger partial charge in [0.25, 0.3) is 0 Å². The van der Waals surface area contributed by atoms with Crippen molar-refractivity contribution in [2.24, 2.45) is 0 Å². The molecule has 1 aromatic heterocycles. The van der Waals surface area contributed by atoms with E-state index < -0.39 is 0 Å². The molecule has 0 unspecified atom stereocenters. The second-order valence-corrected chi connectivity index (χ2v) is 8.99. The number of hydrogen-bond acceptors (Lipinski definition) is 4. The predicted octanol–water partition coefficient (Wildman–Crippen LogP) is 5.68. The third-order valence-corrected chi connectivity index (χ3v) is 6.38. The molecule has 3 aromatic rings. The standard InChI is InChI=1S/C26H30FN3O3S/c1-4-13-29(26(32)28-22-6-5-7-23(15-22)33-3)18-25(31)30(17-24-19(2)12-14-34-24)16-20-8-10-21(27)11-9-20/h5-12,14-15H,4,13,16-18H2,1-3H3,(H,28,32). The lowest BCUT2D eigenvalue weighted by Gasteiger charge is -2.28. The number of rotatable bonds is 10. The quantitative estimate of drug-likeness (QED) is 0.404. The van der Waals surface area contributed by atoms with Crippen molar-refractivity contribution in [3.05, 3.63) is 81.8 Å². The van der Waals surface area contributed by atoms with Gasteiger partial charge in [0.15, 0.2) is 0 Å². The summed E-state index contributed by atoms with van der Waals surface area (Å²) in [5.74, 6) is 0.137. The van der Waals surface area contributed by atoms with Crippen molar-refractivity contribution in [1.29, 1.82) is 0 Å². The number of anilines is 1. The Morgan fingerprint density at radius 2 is 1.82 bits per heavy atom. The first-order chi connectivity index (χ1) is 16.4. The van der Waals surface area contributed by atoms with Gasteiger partial charge in [0.1, 0.15) is 18.1 Å². The first-order valence-electron chi connectivity index (χ1n) is 11.1. The monoisotopic (exact) mass is 483 g/mol. The molecule has 0 radical (unpaired) electrons. The summed E-state index contributed by atoms with van der Waals surface area (Å²) in [6.07, 6.45) is 0.709. The molecule has 0 bridgehead atoms. The Bertz CT molecular complexity index is 1100. The Morgan fingerprint density at radius 3 is 2.47 bits per heavy atom. The van der Waals surface area contributed by atoms with E-state index in [-0.39, 0.29) is 24.3 Å². The summed E-state index contributed by atoms with van der Waals surface area (Å²) in [7, 11) is 1.56. The zero-order valence-corrected chi connectivity index (χ0v) is 20.5. The molecule has 1 N–H and O–H groups in total. The largest absolute Gasteiger partial charge is 0.497 e. The lowest BCUT2D eigenvalue weighted by molar-refractivity contribution is -0.133. The van der Waals surface area contributed by atoms with Gasteiger partial charge in [0.05, 0.1) is 13.7 Å². The van der Waals surface area contributed by atoms with Crippen molar-refractivity contribution >= 4 is 29.0 Å². The minimum absolute atomic E-state index is 0.0603. The highest BCUT2D eigenvalue weighted by atomic mass is 32.1. The lowest BCUT2D eigenvalue weighted by Crippen LogP contribution is -2.44. The van der Waals surface area contributed by atoms with E-state index >= 15 is 0 Å². The third-order valence-electron chi connectivity index (χ3n) is 5.37. The normalized spacial score (nSPS) is 10.6. The third kappa shape index (κ3) is 7.05. The van der Waals surface area contributed by atoms with Gasteiger partial charge in [-0.3, -0.25) is 4.79 Å². The van der Waals surface area contributed by atoms with Crippen molar-refractivity contribution in [2.75, 3.05) is 25.5 Å². The van der Waals surface area contributed by atoms with Gasteiger partial charge >= 0.3 is 6.03 Å². The van der Waals surface area contributed by atoms with Crippen LogP contribution in [0.5, 0.6) is 5.75 Å². The molecule has 8 heteroatoms. The number of nitrogens with one attached hydrogen (secondary N) is 1. The van der Waals surface area contributed by atoms with Crippen LogP contribution in [0, 0.1) is 12.7 Å². The molecule has 3 amide bonds. The molecule has 0 aliphatic rings. The number of methoxy groups -OCH3 is 1. The number of thiophene rings is 1. The van der Waals surface area contributed by atoms with E-state index in [1.807, 2.05) is 25.3 Å². The first kappa shape index (κ1) is 25.2. The van der Waals surface area contributed by atoms with Gasteiger partial charge in [-0.05, 0) is 60.2 Å². The number of carbonyl (C=O) groups is 2. The summed E-state index contributed by atoms with van der Waals surface area (Å²) in [4.78, 5) is 30.7. The summed E-state index contributed by atoms with van der Waals surface area (Å²) in [6, 6.07) is 14.9. The van der Waals surface area contributed by atoms with E-state index in [0.29, 0.717) is 37.5 Å². The van der Waals surface area contributed by atoms with Crippen LogP contribution in [-0.4, -0.2) is 41.9 Å². The second kappa shape index (κ2) is 12.2. The van der Waals surface area contributed by atoms with Gasteiger partial charge in [-0.25, -0.2) is 9.18 Å².